The van der Waals surface area contributed by atoms with Gasteiger partial charge in [0.05, 0.1) is 0 Å². The molecule has 2 aromatic carbocycles. The molecule has 1 aliphatic rings. The van der Waals surface area contributed by atoms with E-state index >= 15 is 0 Å². The van der Waals surface area contributed by atoms with Gasteiger partial charge in [-0.05, 0) is 43.7 Å². The third-order valence-electron chi connectivity index (χ3n) is 5.44. The zero-order chi connectivity index (χ0) is 19.8. The molecule has 28 heavy (non-hydrogen) atoms. The number of nitrogens with one attached hydrogen (secondary N) is 2. The average molecular weight is 382 g/mol. The molecule has 0 saturated heterocycles. The molecule has 1 aliphatic carbocycles. The second-order valence-electron chi connectivity index (χ2n) is 7.38. The Morgan fingerprint density at radius 1 is 0.821 bits per heavy atom. The molecule has 2 aromatic rings. The number of hydrogen-bond acceptors (Lipinski definition) is 2. The summed E-state index contributed by atoms with van der Waals surface area (Å²) in [6, 6.07) is 16.5. The van der Waals surface area contributed by atoms with Crippen LogP contribution in [0, 0.1) is 17.7 Å². The summed E-state index contributed by atoms with van der Waals surface area (Å²) < 4.78 is 13.6. The summed E-state index contributed by atoms with van der Waals surface area (Å²) in [5.41, 5.74) is 1.69. The van der Waals surface area contributed by atoms with Crippen LogP contribution in [0.3, 0.4) is 0 Å². The molecule has 2 N–H and O–H groups in total. The van der Waals surface area contributed by atoms with Gasteiger partial charge in [0.2, 0.25) is 11.8 Å². The van der Waals surface area contributed by atoms with Crippen molar-refractivity contribution < 1.29 is 14.0 Å². The van der Waals surface area contributed by atoms with E-state index < -0.39 is 0 Å². The Labute approximate surface area is 165 Å². The Bertz CT molecular complexity index is 786. The van der Waals surface area contributed by atoms with Crippen molar-refractivity contribution in [2.24, 2.45) is 11.8 Å². The quantitative estimate of drug-likeness (QED) is 0.769. The second kappa shape index (κ2) is 10.0. The molecule has 148 valence electrons. The first-order chi connectivity index (χ1) is 13.6. The largest absolute Gasteiger partial charge is 0.356 e. The molecule has 4 nitrogen and oxygen atoms in total. The van der Waals surface area contributed by atoms with E-state index in [4.69, 9.17) is 0 Å². The van der Waals surface area contributed by atoms with E-state index in [0.717, 1.165) is 19.3 Å². The van der Waals surface area contributed by atoms with Gasteiger partial charge in [0, 0.05) is 30.5 Å². The van der Waals surface area contributed by atoms with Crippen molar-refractivity contribution in [1.29, 1.82) is 0 Å². The molecule has 3 rings (SSSR count). The molecule has 1 fully saturated rings. The van der Waals surface area contributed by atoms with E-state index in [1.54, 1.807) is 18.2 Å². The molecule has 0 aliphatic heterocycles. The van der Waals surface area contributed by atoms with Crippen LogP contribution < -0.4 is 10.6 Å². The molecular formula is C23H27FN2O2. The predicted molar refractivity (Wildman–Crippen MR) is 107 cm³/mol. The Morgan fingerprint density at radius 2 is 1.39 bits per heavy atom. The summed E-state index contributed by atoms with van der Waals surface area (Å²) in [7, 11) is 0. The van der Waals surface area contributed by atoms with Crippen molar-refractivity contribution in [2.75, 3.05) is 6.54 Å². The number of benzene rings is 2. The maximum absolute atomic E-state index is 13.6. The van der Waals surface area contributed by atoms with Crippen LogP contribution in [0.5, 0.6) is 0 Å². The third-order valence-corrected chi connectivity index (χ3v) is 5.44. The summed E-state index contributed by atoms with van der Waals surface area (Å²) in [6.07, 6.45) is 3.64. The normalized spacial score (nSPS) is 19.0. The molecule has 0 aromatic heterocycles. The molecule has 1 saturated carbocycles. The SMILES string of the molecule is O=C(NCCc1ccccc1)C1CCC(C(=O)NCc2ccccc2F)CC1. The lowest BCUT2D eigenvalue weighted by Gasteiger charge is -2.27. The highest BCUT2D eigenvalue weighted by Crippen LogP contribution is 2.29. The maximum Gasteiger partial charge on any atom is 0.223 e. The zero-order valence-electron chi connectivity index (χ0n) is 16.0. The first kappa shape index (κ1) is 20.1. The molecule has 0 radical (unpaired) electrons. The smallest absolute Gasteiger partial charge is 0.223 e. The van der Waals surface area contributed by atoms with Gasteiger partial charge in [0.25, 0.3) is 0 Å². The molecular weight excluding hydrogens is 355 g/mol. The van der Waals surface area contributed by atoms with Crippen molar-refractivity contribution in [3.05, 3.63) is 71.5 Å². The lowest BCUT2D eigenvalue weighted by molar-refractivity contribution is -0.130. The highest BCUT2D eigenvalue weighted by Gasteiger charge is 2.29. The van der Waals surface area contributed by atoms with E-state index in [9.17, 15) is 14.0 Å². The number of carbonyl (C=O) groups is 2. The van der Waals surface area contributed by atoms with Crippen LogP contribution in [0.1, 0.15) is 36.8 Å². The van der Waals surface area contributed by atoms with E-state index in [1.807, 2.05) is 18.2 Å². The number of hydrogen-bond donors (Lipinski definition) is 2. The Morgan fingerprint density at radius 3 is 2.04 bits per heavy atom. The first-order valence-corrected chi connectivity index (χ1v) is 9.96. The van der Waals surface area contributed by atoms with Gasteiger partial charge in [0.1, 0.15) is 5.82 Å². The van der Waals surface area contributed by atoms with Gasteiger partial charge >= 0.3 is 0 Å². The molecule has 2 amide bonds. The van der Waals surface area contributed by atoms with Gasteiger partial charge in [-0.3, -0.25) is 9.59 Å². The fourth-order valence-corrected chi connectivity index (χ4v) is 3.71. The van der Waals surface area contributed by atoms with Crippen LogP contribution >= 0.6 is 0 Å². The summed E-state index contributed by atoms with van der Waals surface area (Å²) >= 11 is 0. The molecule has 0 atom stereocenters. The first-order valence-electron chi connectivity index (χ1n) is 9.96. The minimum absolute atomic E-state index is 0.0219. The molecule has 0 spiro atoms. The van der Waals surface area contributed by atoms with Crippen LogP contribution in [0.15, 0.2) is 54.6 Å². The van der Waals surface area contributed by atoms with Crippen LogP contribution in [0.25, 0.3) is 0 Å². The van der Waals surface area contributed by atoms with E-state index in [0.29, 0.717) is 24.9 Å². The topological polar surface area (TPSA) is 58.2 Å². The lowest BCUT2D eigenvalue weighted by Crippen LogP contribution is -2.38. The summed E-state index contributed by atoms with van der Waals surface area (Å²) in [4.78, 5) is 24.7. The Hall–Kier alpha value is -2.69. The summed E-state index contributed by atoms with van der Waals surface area (Å²) in [5, 5.41) is 5.84. The number of carbonyl (C=O) groups excluding carboxylic acids is 2. The van der Waals surface area contributed by atoms with Crippen LogP contribution in [-0.4, -0.2) is 18.4 Å². The van der Waals surface area contributed by atoms with Crippen molar-refractivity contribution in [3.63, 3.8) is 0 Å². The standard InChI is InChI=1S/C23H27FN2O2/c24-21-9-5-4-8-20(21)16-26-23(28)19-12-10-18(11-13-19)22(27)25-15-14-17-6-2-1-3-7-17/h1-9,18-19H,10-16H2,(H,25,27)(H,26,28). The molecule has 0 heterocycles. The fourth-order valence-electron chi connectivity index (χ4n) is 3.71. The maximum atomic E-state index is 13.6. The van der Waals surface area contributed by atoms with Crippen LogP contribution in [-0.2, 0) is 22.6 Å². The molecule has 0 bridgehead atoms. The summed E-state index contributed by atoms with van der Waals surface area (Å²) in [6.45, 7) is 0.831. The predicted octanol–water partition coefficient (Wildman–Crippen LogP) is 3.61. The lowest BCUT2D eigenvalue weighted by atomic mass is 9.81. The Kier molecular flexibility index (Phi) is 7.18. The van der Waals surface area contributed by atoms with Gasteiger partial charge in [-0.1, -0.05) is 48.5 Å². The fraction of sp³-hybridized carbons (Fsp3) is 0.391. The van der Waals surface area contributed by atoms with Crippen LogP contribution in [0.4, 0.5) is 4.39 Å². The van der Waals surface area contributed by atoms with Crippen molar-refractivity contribution in [3.8, 4) is 0 Å². The van der Waals surface area contributed by atoms with Gasteiger partial charge in [-0.25, -0.2) is 4.39 Å². The highest BCUT2D eigenvalue weighted by molar-refractivity contribution is 5.81. The van der Waals surface area contributed by atoms with Gasteiger partial charge in [-0.15, -0.1) is 0 Å². The van der Waals surface area contributed by atoms with E-state index in [-0.39, 0.29) is 36.0 Å². The van der Waals surface area contributed by atoms with E-state index in [1.165, 1.54) is 11.6 Å². The van der Waals surface area contributed by atoms with Gasteiger partial charge in [-0.2, -0.15) is 0 Å². The monoisotopic (exact) mass is 382 g/mol. The number of amides is 2. The molecule has 0 unspecified atom stereocenters. The average Bonchev–Trinajstić information content (AvgIpc) is 2.74. The van der Waals surface area contributed by atoms with E-state index in [2.05, 4.69) is 22.8 Å². The van der Waals surface area contributed by atoms with Crippen LogP contribution in [0.2, 0.25) is 0 Å². The Balaban J connectivity index is 1.37. The minimum Gasteiger partial charge on any atom is -0.356 e. The third kappa shape index (κ3) is 5.65. The highest BCUT2D eigenvalue weighted by atomic mass is 19.1. The number of rotatable bonds is 7. The van der Waals surface area contributed by atoms with Crippen molar-refractivity contribution >= 4 is 11.8 Å². The van der Waals surface area contributed by atoms with Crippen molar-refractivity contribution in [1.82, 2.24) is 10.6 Å². The molecule has 5 heteroatoms. The summed E-state index contributed by atoms with van der Waals surface area (Å²) in [5.74, 6) is -0.391. The minimum atomic E-state index is -0.307. The van der Waals surface area contributed by atoms with Crippen molar-refractivity contribution in [2.45, 2.75) is 38.6 Å². The second-order valence-corrected chi connectivity index (χ2v) is 7.38. The zero-order valence-corrected chi connectivity index (χ0v) is 16.0. The number of halogens is 1. The van der Waals surface area contributed by atoms with Gasteiger partial charge in [0.15, 0.2) is 0 Å². The van der Waals surface area contributed by atoms with Gasteiger partial charge < -0.3 is 10.6 Å².